The molecule has 5 heteroatoms. The maximum absolute atomic E-state index is 5.74. The van der Waals surface area contributed by atoms with Crippen molar-refractivity contribution in [2.75, 3.05) is 0 Å². The number of hydrogen-bond donors (Lipinski definition) is 1. The molecule has 0 spiro atoms. The molecule has 5 nitrogen and oxygen atoms in total. The zero-order chi connectivity index (χ0) is 13.6. The van der Waals surface area contributed by atoms with Crippen molar-refractivity contribution in [1.82, 2.24) is 10.2 Å². The number of azo groups is 1. The van der Waals surface area contributed by atoms with Crippen LogP contribution in [0.15, 0.2) is 77.2 Å². The Hall–Kier alpha value is -2.95. The van der Waals surface area contributed by atoms with Crippen LogP contribution in [-0.2, 0) is 0 Å². The SMILES string of the molecule is c1ccc(Oc2cccc(N=Nc3cn[nH]c3)c2)cc1. The van der Waals surface area contributed by atoms with E-state index in [0.717, 1.165) is 17.2 Å². The van der Waals surface area contributed by atoms with Crippen LogP contribution in [-0.4, -0.2) is 10.2 Å². The number of aromatic nitrogens is 2. The maximum Gasteiger partial charge on any atom is 0.129 e. The lowest BCUT2D eigenvalue weighted by atomic mass is 10.3. The van der Waals surface area contributed by atoms with Gasteiger partial charge in [-0.05, 0) is 24.3 Å². The Morgan fingerprint density at radius 1 is 0.850 bits per heavy atom. The zero-order valence-corrected chi connectivity index (χ0v) is 10.6. The van der Waals surface area contributed by atoms with E-state index in [9.17, 15) is 0 Å². The third-order valence-electron chi connectivity index (χ3n) is 2.56. The highest BCUT2D eigenvalue weighted by molar-refractivity contribution is 5.45. The van der Waals surface area contributed by atoms with Crippen LogP contribution in [0, 0.1) is 0 Å². The van der Waals surface area contributed by atoms with Gasteiger partial charge in [-0.25, -0.2) is 0 Å². The number of hydrogen-bond acceptors (Lipinski definition) is 4. The molecule has 1 aromatic heterocycles. The van der Waals surface area contributed by atoms with E-state index in [1.165, 1.54) is 0 Å². The molecule has 20 heavy (non-hydrogen) atoms. The summed E-state index contributed by atoms with van der Waals surface area (Å²) < 4.78 is 5.74. The van der Waals surface area contributed by atoms with Gasteiger partial charge in [-0.15, -0.1) is 5.11 Å². The van der Waals surface area contributed by atoms with Crippen LogP contribution in [0.3, 0.4) is 0 Å². The van der Waals surface area contributed by atoms with Gasteiger partial charge < -0.3 is 4.74 Å². The molecule has 0 unspecified atom stereocenters. The van der Waals surface area contributed by atoms with Gasteiger partial charge in [0.2, 0.25) is 0 Å². The minimum Gasteiger partial charge on any atom is -0.457 e. The highest BCUT2D eigenvalue weighted by Gasteiger charge is 1.98. The number of nitrogens with zero attached hydrogens (tertiary/aromatic N) is 3. The quantitative estimate of drug-likeness (QED) is 0.699. The van der Waals surface area contributed by atoms with Gasteiger partial charge in [0.05, 0.1) is 11.9 Å². The van der Waals surface area contributed by atoms with E-state index in [1.807, 2.05) is 54.6 Å². The molecule has 2 aromatic carbocycles. The fraction of sp³-hybridized carbons (Fsp3) is 0. The largest absolute Gasteiger partial charge is 0.457 e. The van der Waals surface area contributed by atoms with Gasteiger partial charge in [0, 0.05) is 12.3 Å². The third-order valence-corrected chi connectivity index (χ3v) is 2.56. The van der Waals surface area contributed by atoms with Crippen molar-refractivity contribution in [2.24, 2.45) is 10.2 Å². The molecule has 0 saturated heterocycles. The molecule has 0 aliphatic heterocycles. The first-order valence-electron chi connectivity index (χ1n) is 6.14. The van der Waals surface area contributed by atoms with E-state index < -0.39 is 0 Å². The number of H-pyrrole nitrogens is 1. The fourth-order valence-corrected chi connectivity index (χ4v) is 1.65. The Morgan fingerprint density at radius 2 is 1.65 bits per heavy atom. The molecule has 1 heterocycles. The second kappa shape index (κ2) is 5.79. The van der Waals surface area contributed by atoms with Crippen molar-refractivity contribution in [1.29, 1.82) is 0 Å². The van der Waals surface area contributed by atoms with Crippen LogP contribution in [0.5, 0.6) is 11.5 Å². The van der Waals surface area contributed by atoms with Gasteiger partial charge in [-0.1, -0.05) is 24.3 Å². The summed E-state index contributed by atoms with van der Waals surface area (Å²) in [6, 6.07) is 17.1. The number of ether oxygens (including phenoxy) is 1. The Morgan fingerprint density at radius 3 is 2.45 bits per heavy atom. The molecular weight excluding hydrogens is 252 g/mol. The Labute approximate surface area is 116 Å². The topological polar surface area (TPSA) is 62.6 Å². The lowest BCUT2D eigenvalue weighted by Gasteiger charge is -2.05. The number of aromatic amines is 1. The molecule has 98 valence electrons. The molecule has 1 N–H and O–H groups in total. The molecule has 3 aromatic rings. The molecule has 3 rings (SSSR count). The smallest absolute Gasteiger partial charge is 0.129 e. The summed E-state index contributed by atoms with van der Waals surface area (Å²) >= 11 is 0. The molecule has 0 saturated carbocycles. The third kappa shape index (κ3) is 3.08. The van der Waals surface area contributed by atoms with Crippen LogP contribution >= 0.6 is 0 Å². The molecule has 0 amide bonds. The summed E-state index contributed by atoms with van der Waals surface area (Å²) in [5.41, 5.74) is 1.40. The summed E-state index contributed by atoms with van der Waals surface area (Å²) in [6.07, 6.45) is 3.28. The van der Waals surface area contributed by atoms with Gasteiger partial charge in [0.15, 0.2) is 0 Å². The lowest BCUT2D eigenvalue weighted by Crippen LogP contribution is -1.82. The van der Waals surface area contributed by atoms with Crippen molar-refractivity contribution in [3.63, 3.8) is 0 Å². The molecule has 0 radical (unpaired) electrons. The minimum atomic E-state index is 0.680. The van der Waals surface area contributed by atoms with Crippen LogP contribution in [0.4, 0.5) is 11.4 Å². The first-order chi connectivity index (χ1) is 9.90. The first kappa shape index (κ1) is 12.1. The van der Waals surface area contributed by atoms with Crippen LogP contribution in [0.1, 0.15) is 0 Å². The average molecular weight is 264 g/mol. The van der Waals surface area contributed by atoms with E-state index in [1.54, 1.807) is 12.4 Å². The van der Waals surface area contributed by atoms with Crippen LogP contribution in [0.2, 0.25) is 0 Å². The van der Waals surface area contributed by atoms with Gasteiger partial charge >= 0.3 is 0 Å². The monoisotopic (exact) mass is 264 g/mol. The fourth-order valence-electron chi connectivity index (χ4n) is 1.65. The van der Waals surface area contributed by atoms with Gasteiger partial charge in [0.25, 0.3) is 0 Å². The van der Waals surface area contributed by atoms with Crippen molar-refractivity contribution in [2.45, 2.75) is 0 Å². The van der Waals surface area contributed by atoms with Crippen molar-refractivity contribution < 1.29 is 4.74 Å². The number of rotatable bonds is 4. The van der Waals surface area contributed by atoms with Crippen LogP contribution < -0.4 is 4.74 Å². The summed E-state index contributed by atoms with van der Waals surface area (Å²) in [7, 11) is 0. The molecule has 0 aliphatic rings. The Balaban J connectivity index is 1.76. The highest BCUT2D eigenvalue weighted by atomic mass is 16.5. The number of nitrogens with one attached hydrogen (secondary N) is 1. The van der Waals surface area contributed by atoms with Crippen molar-refractivity contribution >= 4 is 11.4 Å². The van der Waals surface area contributed by atoms with Crippen LogP contribution in [0.25, 0.3) is 0 Å². The van der Waals surface area contributed by atoms with E-state index in [0.29, 0.717) is 5.69 Å². The van der Waals surface area contributed by atoms with E-state index in [2.05, 4.69) is 20.4 Å². The predicted octanol–water partition coefficient (Wildman–Crippen LogP) is 4.62. The van der Waals surface area contributed by atoms with Gasteiger partial charge in [-0.3, -0.25) is 5.10 Å². The number of para-hydroxylation sites is 1. The predicted molar refractivity (Wildman–Crippen MR) is 75.7 cm³/mol. The average Bonchev–Trinajstić information content (AvgIpc) is 3.00. The standard InChI is InChI=1S/C15H12N4O/c1-2-6-14(7-3-1)20-15-8-4-5-12(9-15)18-19-13-10-16-17-11-13/h1-11H,(H,16,17). The van der Waals surface area contributed by atoms with E-state index >= 15 is 0 Å². The normalized spacial score (nSPS) is 10.8. The van der Waals surface area contributed by atoms with Crippen molar-refractivity contribution in [3.8, 4) is 11.5 Å². The highest BCUT2D eigenvalue weighted by Crippen LogP contribution is 2.26. The summed E-state index contributed by atoms with van der Waals surface area (Å²) in [4.78, 5) is 0. The molecule has 0 fully saturated rings. The Bertz CT molecular complexity index is 693. The second-order valence-electron chi connectivity index (χ2n) is 4.07. The number of benzene rings is 2. The summed E-state index contributed by atoms with van der Waals surface area (Å²) in [6.45, 7) is 0. The van der Waals surface area contributed by atoms with Gasteiger partial charge in [0.1, 0.15) is 17.2 Å². The summed E-state index contributed by atoms with van der Waals surface area (Å²) in [5, 5.41) is 14.7. The van der Waals surface area contributed by atoms with Crippen molar-refractivity contribution in [3.05, 3.63) is 67.0 Å². The molecule has 0 bridgehead atoms. The Kier molecular flexibility index (Phi) is 3.51. The second-order valence-corrected chi connectivity index (χ2v) is 4.07. The first-order valence-corrected chi connectivity index (χ1v) is 6.14. The lowest BCUT2D eigenvalue weighted by molar-refractivity contribution is 0.483. The molecular formula is C15H12N4O. The molecule has 0 atom stereocenters. The van der Waals surface area contributed by atoms with Gasteiger partial charge in [-0.2, -0.15) is 10.2 Å². The summed E-state index contributed by atoms with van der Waals surface area (Å²) in [5.74, 6) is 1.51. The maximum atomic E-state index is 5.74. The minimum absolute atomic E-state index is 0.680. The molecule has 0 aliphatic carbocycles. The zero-order valence-electron chi connectivity index (χ0n) is 10.6. The van der Waals surface area contributed by atoms with E-state index in [-0.39, 0.29) is 0 Å². The van der Waals surface area contributed by atoms with E-state index in [4.69, 9.17) is 4.74 Å².